The predicted octanol–water partition coefficient (Wildman–Crippen LogP) is 2.50. The summed E-state index contributed by atoms with van der Waals surface area (Å²) in [6.07, 6.45) is 8.87. The van der Waals surface area contributed by atoms with Crippen LogP contribution in [-0.2, 0) is 4.74 Å². The Morgan fingerprint density at radius 1 is 1.10 bits per heavy atom. The van der Waals surface area contributed by atoms with Gasteiger partial charge < -0.3 is 4.74 Å². The van der Waals surface area contributed by atoms with E-state index >= 15 is 0 Å². The van der Waals surface area contributed by atoms with Crippen LogP contribution < -0.4 is 0 Å². The van der Waals surface area contributed by atoms with E-state index in [9.17, 15) is 0 Å². The highest BCUT2D eigenvalue weighted by Gasteiger charge is 2.52. The summed E-state index contributed by atoms with van der Waals surface area (Å²) in [6.45, 7) is 2.21. The molecular formula is C9H16O. The van der Waals surface area contributed by atoms with Crippen molar-refractivity contribution in [3.8, 4) is 0 Å². The van der Waals surface area contributed by atoms with Crippen LogP contribution in [0.2, 0.25) is 0 Å². The van der Waals surface area contributed by atoms with Crippen LogP contribution in [0.1, 0.15) is 45.4 Å². The van der Waals surface area contributed by atoms with Gasteiger partial charge >= 0.3 is 0 Å². The van der Waals surface area contributed by atoms with E-state index in [0.717, 1.165) is 0 Å². The lowest BCUT2D eigenvalue weighted by Crippen LogP contribution is -2.11. The lowest BCUT2D eigenvalue weighted by atomic mass is 9.97. The average molecular weight is 140 g/mol. The fourth-order valence-electron chi connectivity index (χ4n) is 2.17. The molecule has 0 radical (unpaired) electrons. The molecule has 1 heteroatoms. The molecule has 1 heterocycles. The lowest BCUT2D eigenvalue weighted by molar-refractivity contribution is 0.271. The molecule has 1 saturated carbocycles. The van der Waals surface area contributed by atoms with Crippen molar-refractivity contribution in [1.29, 1.82) is 0 Å². The van der Waals surface area contributed by atoms with Crippen molar-refractivity contribution in [2.45, 2.75) is 57.2 Å². The van der Waals surface area contributed by atoms with Crippen LogP contribution in [0.5, 0.6) is 0 Å². The summed E-state index contributed by atoms with van der Waals surface area (Å²) in [5, 5.41) is 0. The molecule has 0 aromatic heterocycles. The fraction of sp³-hybridized carbons (Fsp3) is 1.00. The average Bonchev–Trinajstić information content (AvgIpc) is 2.60. The van der Waals surface area contributed by atoms with Gasteiger partial charge in [-0.05, 0) is 19.8 Å². The first kappa shape index (κ1) is 6.66. The Morgan fingerprint density at radius 3 is 2.00 bits per heavy atom. The number of hydrogen-bond donors (Lipinski definition) is 0. The van der Waals surface area contributed by atoms with Crippen LogP contribution in [0.3, 0.4) is 0 Å². The Bertz CT molecular complexity index is 123. The molecular weight excluding hydrogens is 124 g/mol. The molecule has 0 bridgehead atoms. The lowest BCUT2D eigenvalue weighted by Gasteiger charge is -2.05. The minimum absolute atomic E-state index is 0.372. The van der Waals surface area contributed by atoms with E-state index in [4.69, 9.17) is 4.74 Å². The standard InChI is InChI=1S/C9H16O/c1-8-9(10-8)6-4-2-3-5-7-9/h8H,2-7H2,1H3. The summed E-state index contributed by atoms with van der Waals surface area (Å²) >= 11 is 0. The number of ether oxygens (including phenoxy) is 1. The molecule has 0 amide bonds. The smallest absolute Gasteiger partial charge is 0.0945 e. The van der Waals surface area contributed by atoms with E-state index in [1.807, 2.05) is 0 Å². The second-order valence-corrected chi connectivity index (χ2v) is 3.74. The third-order valence-electron chi connectivity index (χ3n) is 3.05. The predicted molar refractivity (Wildman–Crippen MR) is 41.0 cm³/mol. The molecule has 1 nitrogen and oxygen atoms in total. The molecule has 58 valence electrons. The molecule has 1 spiro atoms. The molecule has 0 N–H and O–H groups in total. The summed E-state index contributed by atoms with van der Waals surface area (Å²) in [7, 11) is 0. The molecule has 0 aromatic carbocycles. The Labute approximate surface area is 62.8 Å². The molecule has 1 aliphatic heterocycles. The van der Waals surface area contributed by atoms with Crippen molar-refractivity contribution in [2.75, 3.05) is 0 Å². The largest absolute Gasteiger partial charge is 0.366 e. The summed E-state index contributed by atoms with van der Waals surface area (Å²) in [4.78, 5) is 0. The number of rotatable bonds is 0. The molecule has 2 aliphatic rings. The highest BCUT2D eigenvalue weighted by atomic mass is 16.6. The second kappa shape index (κ2) is 2.23. The normalized spacial score (nSPS) is 37.5. The summed E-state index contributed by atoms with van der Waals surface area (Å²) in [6, 6.07) is 0. The number of hydrogen-bond acceptors (Lipinski definition) is 1. The quantitative estimate of drug-likeness (QED) is 0.471. The Morgan fingerprint density at radius 2 is 1.60 bits per heavy atom. The van der Waals surface area contributed by atoms with Crippen molar-refractivity contribution < 1.29 is 4.74 Å². The fourth-order valence-corrected chi connectivity index (χ4v) is 2.17. The van der Waals surface area contributed by atoms with Gasteiger partial charge in [0.25, 0.3) is 0 Å². The van der Waals surface area contributed by atoms with Crippen LogP contribution >= 0.6 is 0 Å². The Kier molecular flexibility index (Phi) is 1.48. The monoisotopic (exact) mass is 140 g/mol. The SMILES string of the molecule is CC1OC12CCCCCC2. The minimum atomic E-state index is 0.372. The molecule has 10 heavy (non-hydrogen) atoms. The molecule has 1 unspecified atom stereocenters. The van der Waals surface area contributed by atoms with Gasteiger partial charge in [0.2, 0.25) is 0 Å². The Hall–Kier alpha value is -0.0400. The maximum Gasteiger partial charge on any atom is 0.0945 e. The molecule has 1 atom stereocenters. The first-order chi connectivity index (χ1) is 4.83. The first-order valence-corrected chi connectivity index (χ1v) is 4.51. The maximum atomic E-state index is 5.63. The highest BCUT2D eigenvalue weighted by Crippen LogP contribution is 2.46. The Balaban J connectivity index is 1.95. The van der Waals surface area contributed by atoms with E-state index in [2.05, 4.69) is 6.92 Å². The van der Waals surface area contributed by atoms with E-state index in [1.165, 1.54) is 38.5 Å². The van der Waals surface area contributed by atoms with Gasteiger partial charge in [0, 0.05) is 0 Å². The summed E-state index contributed by atoms with van der Waals surface area (Å²) in [5.41, 5.74) is 0.372. The third-order valence-corrected chi connectivity index (χ3v) is 3.05. The van der Waals surface area contributed by atoms with Crippen molar-refractivity contribution >= 4 is 0 Å². The molecule has 1 aliphatic carbocycles. The molecule has 2 rings (SSSR count). The van der Waals surface area contributed by atoms with E-state index < -0.39 is 0 Å². The van der Waals surface area contributed by atoms with Gasteiger partial charge in [-0.15, -0.1) is 0 Å². The van der Waals surface area contributed by atoms with Crippen LogP contribution in [0.15, 0.2) is 0 Å². The molecule has 0 aromatic rings. The van der Waals surface area contributed by atoms with E-state index in [1.54, 1.807) is 0 Å². The van der Waals surface area contributed by atoms with Crippen molar-refractivity contribution in [3.05, 3.63) is 0 Å². The molecule has 2 fully saturated rings. The van der Waals surface area contributed by atoms with Gasteiger partial charge in [-0.1, -0.05) is 25.7 Å². The third kappa shape index (κ3) is 0.968. The van der Waals surface area contributed by atoms with Gasteiger partial charge in [0.15, 0.2) is 0 Å². The zero-order valence-electron chi connectivity index (χ0n) is 6.73. The number of epoxide rings is 1. The van der Waals surface area contributed by atoms with Gasteiger partial charge in [-0.3, -0.25) is 0 Å². The summed E-state index contributed by atoms with van der Waals surface area (Å²) in [5.74, 6) is 0. The zero-order valence-corrected chi connectivity index (χ0v) is 6.73. The van der Waals surface area contributed by atoms with Crippen molar-refractivity contribution in [3.63, 3.8) is 0 Å². The highest BCUT2D eigenvalue weighted by molar-refractivity contribution is 5.00. The van der Waals surface area contributed by atoms with Crippen molar-refractivity contribution in [2.24, 2.45) is 0 Å². The van der Waals surface area contributed by atoms with Gasteiger partial charge in [-0.25, -0.2) is 0 Å². The maximum absolute atomic E-state index is 5.63. The van der Waals surface area contributed by atoms with Crippen LogP contribution in [-0.4, -0.2) is 11.7 Å². The minimum Gasteiger partial charge on any atom is -0.366 e. The second-order valence-electron chi connectivity index (χ2n) is 3.74. The van der Waals surface area contributed by atoms with Crippen molar-refractivity contribution in [1.82, 2.24) is 0 Å². The van der Waals surface area contributed by atoms with Gasteiger partial charge in [0.1, 0.15) is 0 Å². The summed E-state index contributed by atoms with van der Waals surface area (Å²) < 4.78 is 5.63. The van der Waals surface area contributed by atoms with E-state index in [-0.39, 0.29) is 0 Å². The zero-order chi connectivity index (χ0) is 7.03. The topological polar surface area (TPSA) is 12.5 Å². The van der Waals surface area contributed by atoms with Crippen LogP contribution in [0.25, 0.3) is 0 Å². The molecule has 1 saturated heterocycles. The van der Waals surface area contributed by atoms with E-state index in [0.29, 0.717) is 11.7 Å². The first-order valence-electron chi connectivity index (χ1n) is 4.51. The van der Waals surface area contributed by atoms with Gasteiger partial charge in [0.05, 0.1) is 11.7 Å². The van der Waals surface area contributed by atoms with Crippen LogP contribution in [0.4, 0.5) is 0 Å². The van der Waals surface area contributed by atoms with Gasteiger partial charge in [-0.2, -0.15) is 0 Å². The van der Waals surface area contributed by atoms with Crippen LogP contribution in [0, 0.1) is 0 Å².